The van der Waals surface area contributed by atoms with Crippen LogP contribution in [0.5, 0.6) is 0 Å². The van der Waals surface area contributed by atoms with Crippen LogP contribution in [0.25, 0.3) is 0 Å². The van der Waals surface area contributed by atoms with Gasteiger partial charge in [0.1, 0.15) is 0 Å². The molecule has 1 aromatic rings. The third-order valence-corrected chi connectivity index (χ3v) is 5.76. The molecule has 0 atom stereocenters. The minimum Gasteiger partial charge on any atom is -0.380 e. The van der Waals surface area contributed by atoms with Crippen molar-refractivity contribution in [2.45, 2.75) is 17.9 Å². The summed E-state index contributed by atoms with van der Waals surface area (Å²) in [5.41, 5.74) is 0. The summed E-state index contributed by atoms with van der Waals surface area (Å²) in [6, 6.07) is 1.75. The van der Waals surface area contributed by atoms with Crippen molar-refractivity contribution in [3.8, 4) is 0 Å². The van der Waals surface area contributed by atoms with Crippen molar-refractivity contribution in [1.82, 2.24) is 9.62 Å². The zero-order valence-corrected chi connectivity index (χ0v) is 12.0. The minimum atomic E-state index is -3.35. The van der Waals surface area contributed by atoms with Crippen molar-refractivity contribution < 1.29 is 13.2 Å². The second kappa shape index (κ2) is 6.12. The van der Waals surface area contributed by atoms with Crippen LogP contribution in [0.1, 0.15) is 11.3 Å². The molecular weight excluding hydrogens is 272 g/mol. The largest absolute Gasteiger partial charge is 0.380 e. The van der Waals surface area contributed by atoms with Gasteiger partial charge in [-0.15, -0.1) is 11.3 Å². The molecule has 1 fully saturated rings. The van der Waals surface area contributed by atoms with Crippen molar-refractivity contribution in [1.29, 1.82) is 0 Å². The summed E-state index contributed by atoms with van der Waals surface area (Å²) >= 11 is 1.47. The molecule has 0 aliphatic carbocycles. The lowest BCUT2D eigenvalue weighted by Crippen LogP contribution is -2.33. The average molecular weight is 290 g/mol. The molecule has 1 aliphatic heterocycles. The van der Waals surface area contributed by atoms with Gasteiger partial charge >= 0.3 is 0 Å². The van der Waals surface area contributed by atoms with E-state index in [4.69, 9.17) is 4.74 Å². The number of thiophene rings is 1. The van der Waals surface area contributed by atoms with E-state index < -0.39 is 10.0 Å². The lowest BCUT2D eigenvalue weighted by Gasteiger charge is -2.18. The predicted octanol–water partition coefficient (Wildman–Crippen LogP) is 0.879. The number of nitrogens with zero attached hydrogens (tertiary/aromatic N) is 1. The van der Waals surface area contributed by atoms with Crippen molar-refractivity contribution in [2.75, 3.05) is 33.4 Å². The first-order valence-corrected chi connectivity index (χ1v) is 8.26. The first-order valence-electron chi connectivity index (χ1n) is 5.94. The zero-order chi connectivity index (χ0) is 13.0. The maximum absolute atomic E-state index is 12.4. The Balaban J connectivity index is 2.17. The molecule has 0 amide bonds. The Morgan fingerprint density at radius 2 is 2.28 bits per heavy atom. The highest BCUT2D eigenvalue weighted by atomic mass is 32.2. The maximum atomic E-state index is 12.4. The van der Waals surface area contributed by atoms with E-state index in [1.54, 1.807) is 11.4 Å². The molecule has 1 saturated heterocycles. The molecule has 0 spiro atoms. The highest BCUT2D eigenvalue weighted by Crippen LogP contribution is 2.23. The van der Waals surface area contributed by atoms with Crippen LogP contribution in [0, 0.1) is 0 Å². The van der Waals surface area contributed by atoms with Crippen molar-refractivity contribution in [3.05, 3.63) is 16.3 Å². The van der Waals surface area contributed by atoms with Gasteiger partial charge in [-0.3, -0.25) is 0 Å². The summed E-state index contributed by atoms with van der Waals surface area (Å²) in [4.78, 5) is 1.43. The van der Waals surface area contributed by atoms with Gasteiger partial charge in [-0.25, -0.2) is 8.42 Å². The number of nitrogens with one attached hydrogen (secondary N) is 1. The van der Waals surface area contributed by atoms with Gasteiger partial charge in [0.05, 0.1) is 11.5 Å². The van der Waals surface area contributed by atoms with Crippen LogP contribution in [-0.2, 0) is 21.3 Å². The van der Waals surface area contributed by atoms with E-state index in [0.29, 0.717) is 37.7 Å². The van der Waals surface area contributed by atoms with Gasteiger partial charge in [-0.2, -0.15) is 4.31 Å². The Bertz CT molecular complexity index is 476. The molecule has 0 aromatic carbocycles. The Morgan fingerprint density at radius 3 is 3.06 bits per heavy atom. The Hall–Kier alpha value is -0.470. The third-order valence-electron chi connectivity index (χ3n) is 2.80. The van der Waals surface area contributed by atoms with Gasteiger partial charge in [0.2, 0.25) is 10.0 Å². The molecule has 1 aromatic heterocycles. The van der Waals surface area contributed by atoms with E-state index in [-0.39, 0.29) is 0 Å². The maximum Gasteiger partial charge on any atom is 0.243 e. The van der Waals surface area contributed by atoms with Crippen molar-refractivity contribution in [2.24, 2.45) is 0 Å². The molecule has 5 nitrogen and oxygen atoms in total. The van der Waals surface area contributed by atoms with E-state index >= 15 is 0 Å². The minimum absolute atomic E-state index is 0.402. The molecular formula is C11H18N2O3S2. The van der Waals surface area contributed by atoms with E-state index in [2.05, 4.69) is 5.32 Å². The number of rotatable bonds is 4. The molecule has 102 valence electrons. The van der Waals surface area contributed by atoms with E-state index in [9.17, 15) is 8.42 Å². The van der Waals surface area contributed by atoms with Crippen LogP contribution >= 0.6 is 11.3 Å². The second-order valence-corrected chi connectivity index (χ2v) is 7.08. The fraction of sp³-hybridized carbons (Fsp3) is 0.636. The molecule has 0 radical (unpaired) electrons. The third kappa shape index (κ3) is 3.10. The molecule has 1 aliphatic rings. The number of ether oxygens (including phenoxy) is 1. The summed E-state index contributed by atoms with van der Waals surface area (Å²) in [5.74, 6) is 0. The first-order chi connectivity index (χ1) is 8.64. The topological polar surface area (TPSA) is 58.6 Å². The fourth-order valence-corrected chi connectivity index (χ4v) is 4.61. The van der Waals surface area contributed by atoms with Crippen LogP contribution in [-0.4, -0.2) is 46.1 Å². The molecule has 7 heteroatoms. The number of hydrogen-bond donors (Lipinski definition) is 1. The monoisotopic (exact) mass is 290 g/mol. The van der Waals surface area contributed by atoms with Crippen LogP contribution in [0.3, 0.4) is 0 Å². The van der Waals surface area contributed by atoms with Crippen LogP contribution in [0.15, 0.2) is 16.3 Å². The van der Waals surface area contributed by atoms with Gasteiger partial charge in [-0.1, -0.05) is 0 Å². The Morgan fingerprint density at radius 1 is 1.44 bits per heavy atom. The Kier molecular flexibility index (Phi) is 4.74. The normalized spacial score (nSPS) is 18.7. The molecule has 0 unspecified atom stereocenters. The smallest absolute Gasteiger partial charge is 0.243 e. The van der Waals surface area contributed by atoms with Gasteiger partial charge in [0.25, 0.3) is 0 Å². The van der Waals surface area contributed by atoms with Gasteiger partial charge in [0.15, 0.2) is 0 Å². The van der Waals surface area contributed by atoms with Gasteiger partial charge in [-0.05, 0) is 19.5 Å². The average Bonchev–Trinajstić information content (AvgIpc) is 2.65. The van der Waals surface area contributed by atoms with Crippen LogP contribution in [0.2, 0.25) is 0 Å². The van der Waals surface area contributed by atoms with Crippen molar-refractivity contribution in [3.63, 3.8) is 0 Å². The quantitative estimate of drug-likeness (QED) is 0.894. The summed E-state index contributed by atoms with van der Waals surface area (Å²) < 4.78 is 31.6. The molecule has 2 heterocycles. The number of sulfonamides is 1. The highest BCUT2D eigenvalue weighted by Gasteiger charge is 2.26. The zero-order valence-electron chi connectivity index (χ0n) is 10.4. The SMILES string of the molecule is CNCc1cc(S(=O)(=O)N2CCCOCC2)cs1. The number of hydrogen-bond acceptors (Lipinski definition) is 5. The van der Waals surface area contributed by atoms with Gasteiger partial charge < -0.3 is 10.1 Å². The molecule has 0 bridgehead atoms. The molecule has 0 saturated carbocycles. The summed E-state index contributed by atoms with van der Waals surface area (Å²) in [5, 5.41) is 4.74. The second-order valence-electron chi connectivity index (χ2n) is 4.15. The lowest BCUT2D eigenvalue weighted by atomic mass is 10.5. The lowest BCUT2D eigenvalue weighted by molar-refractivity contribution is 0.148. The fourth-order valence-electron chi connectivity index (χ4n) is 1.88. The van der Waals surface area contributed by atoms with E-state index in [0.717, 1.165) is 11.3 Å². The van der Waals surface area contributed by atoms with Crippen LogP contribution in [0.4, 0.5) is 0 Å². The Labute approximate surface area is 112 Å². The predicted molar refractivity (Wildman–Crippen MR) is 71.3 cm³/mol. The van der Waals surface area contributed by atoms with Gasteiger partial charge in [0, 0.05) is 36.5 Å². The van der Waals surface area contributed by atoms with E-state index in [1.165, 1.54) is 15.6 Å². The standard InChI is InChI=1S/C11H18N2O3S2/c1-12-8-10-7-11(9-17-10)18(14,15)13-3-2-5-16-6-4-13/h7,9,12H,2-6,8H2,1H3. The molecule has 18 heavy (non-hydrogen) atoms. The van der Waals surface area contributed by atoms with Crippen LogP contribution < -0.4 is 5.32 Å². The first kappa shape index (κ1) is 14.0. The summed E-state index contributed by atoms with van der Waals surface area (Å²) in [7, 11) is -1.50. The highest BCUT2D eigenvalue weighted by molar-refractivity contribution is 7.89. The molecule has 2 rings (SSSR count). The molecule has 1 N–H and O–H groups in total. The van der Waals surface area contributed by atoms with Crippen molar-refractivity contribution >= 4 is 21.4 Å². The summed E-state index contributed by atoms with van der Waals surface area (Å²) in [6.45, 7) is 2.80. The van der Waals surface area contributed by atoms with E-state index in [1.807, 2.05) is 7.05 Å². The summed E-state index contributed by atoms with van der Waals surface area (Å²) in [6.07, 6.45) is 0.757.